The van der Waals surface area contributed by atoms with Crippen molar-refractivity contribution in [2.75, 3.05) is 19.7 Å². The van der Waals surface area contributed by atoms with Gasteiger partial charge >= 0.3 is 5.97 Å². The number of likely N-dealkylation sites (tertiary alicyclic amines) is 1. The van der Waals surface area contributed by atoms with E-state index in [1.54, 1.807) is 0 Å². The van der Waals surface area contributed by atoms with Gasteiger partial charge in [0.25, 0.3) is 5.91 Å². The molecule has 1 aromatic rings. The number of carbonyl (C=O) groups excluding carboxylic acids is 2. The Balaban J connectivity index is 1.78. The van der Waals surface area contributed by atoms with Crippen LogP contribution in [0.25, 0.3) is 0 Å². The van der Waals surface area contributed by atoms with Gasteiger partial charge < -0.3 is 9.64 Å². The minimum absolute atomic E-state index is 0.0553. The Morgan fingerprint density at radius 2 is 1.78 bits per heavy atom. The first-order valence-electron chi connectivity index (χ1n) is 8.64. The van der Waals surface area contributed by atoms with Gasteiger partial charge in [0.05, 0.1) is 12.5 Å². The highest BCUT2D eigenvalue weighted by Crippen LogP contribution is 2.20. The molecule has 4 nitrogen and oxygen atoms in total. The number of amides is 1. The van der Waals surface area contributed by atoms with E-state index in [1.165, 1.54) is 0 Å². The van der Waals surface area contributed by atoms with Gasteiger partial charge in [-0.3, -0.25) is 9.59 Å². The molecule has 1 aliphatic heterocycles. The van der Waals surface area contributed by atoms with Crippen LogP contribution in [-0.2, 0) is 9.53 Å². The zero-order chi connectivity index (χ0) is 16.7. The van der Waals surface area contributed by atoms with E-state index in [-0.39, 0.29) is 17.8 Å². The van der Waals surface area contributed by atoms with Crippen LogP contribution in [0.15, 0.2) is 24.3 Å². The fraction of sp³-hybridized carbons (Fsp3) is 0.579. The number of piperidine rings is 1. The molecular weight excluding hydrogens is 290 g/mol. The van der Waals surface area contributed by atoms with Gasteiger partial charge in [0.15, 0.2) is 0 Å². The second-order valence-corrected chi connectivity index (χ2v) is 6.31. The molecule has 126 valence electrons. The van der Waals surface area contributed by atoms with Crippen molar-refractivity contribution >= 4 is 11.9 Å². The molecule has 0 saturated carbocycles. The van der Waals surface area contributed by atoms with Gasteiger partial charge in [-0.05, 0) is 38.3 Å². The van der Waals surface area contributed by atoms with Crippen LogP contribution in [0.3, 0.4) is 0 Å². The summed E-state index contributed by atoms with van der Waals surface area (Å²) in [6.45, 7) is 5.91. The topological polar surface area (TPSA) is 46.6 Å². The summed E-state index contributed by atoms with van der Waals surface area (Å²) >= 11 is 0. The molecule has 1 amide bonds. The average molecular weight is 317 g/mol. The Hall–Kier alpha value is -1.84. The number of esters is 1. The van der Waals surface area contributed by atoms with Crippen molar-refractivity contribution < 1.29 is 14.3 Å². The van der Waals surface area contributed by atoms with Crippen LogP contribution >= 0.6 is 0 Å². The first kappa shape index (κ1) is 17.5. The number of carbonyl (C=O) groups is 2. The average Bonchev–Trinajstić information content (AvgIpc) is 2.59. The van der Waals surface area contributed by atoms with Crippen molar-refractivity contribution in [3.05, 3.63) is 35.4 Å². The van der Waals surface area contributed by atoms with Crippen LogP contribution < -0.4 is 0 Å². The highest BCUT2D eigenvalue weighted by atomic mass is 16.5. The van der Waals surface area contributed by atoms with E-state index < -0.39 is 0 Å². The number of benzene rings is 1. The summed E-state index contributed by atoms with van der Waals surface area (Å²) in [6.07, 6.45) is 4.55. The van der Waals surface area contributed by atoms with E-state index in [0.29, 0.717) is 32.5 Å². The zero-order valence-corrected chi connectivity index (χ0v) is 14.2. The minimum Gasteiger partial charge on any atom is -0.465 e. The lowest BCUT2D eigenvalue weighted by atomic mass is 9.96. The van der Waals surface area contributed by atoms with Crippen LogP contribution in [0.5, 0.6) is 0 Å². The van der Waals surface area contributed by atoms with Crippen molar-refractivity contribution in [2.24, 2.45) is 5.92 Å². The largest absolute Gasteiger partial charge is 0.465 e. The molecular formula is C19H27NO3. The molecule has 1 aromatic carbocycles. The van der Waals surface area contributed by atoms with Crippen molar-refractivity contribution in [3.63, 3.8) is 0 Å². The van der Waals surface area contributed by atoms with Crippen molar-refractivity contribution in [1.29, 1.82) is 0 Å². The number of nitrogens with zero attached hydrogens (tertiary/aromatic N) is 1. The summed E-state index contributed by atoms with van der Waals surface area (Å²) < 4.78 is 5.33. The lowest BCUT2D eigenvalue weighted by molar-refractivity contribution is -0.150. The smallest absolute Gasteiger partial charge is 0.309 e. The van der Waals surface area contributed by atoms with Crippen LogP contribution in [0, 0.1) is 12.8 Å². The number of aryl methyl sites for hydroxylation is 1. The minimum atomic E-state index is -0.0939. The summed E-state index contributed by atoms with van der Waals surface area (Å²) in [5, 5.41) is 0. The van der Waals surface area contributed by atoms with Gasteiger partial charge in [-0.25, -0.2) is 0 Å². The molecule has 0 unspecified atom stereocenters. The number of rotatable bonds is 6. The Labute approximate surface area is 138 Å². The molecule has 0 bridgehead atoms. The summed E-state index contributed by atoms with van der Waals surface area (Å²) in [4.78, 5) is 26.3. The van der Waals surface area contributed by atoms with Crippen molar-refractivity contribution in [1.82, 2.24) is 4.90 Å². The molecule has 0 aromatic heterocycles. The molecule has 4 heteroatoms. The maximum atomic E-state index is 12.4. The molecule has 1 aliphatic rings. The third-order valence-electron chi connectivity index (χ3n) is 4.41. The molecule has 0 aliphatic carbocycles. The fourth-order valence-electron chi connectivity index (χ4n) is 2.84. The molecule has 23 heavy (non-hydrogen) atoms. The number of ether oxygens (including phenoxy) is 1. The lowest BCUT2D eigenvalue weighted by Gasteiger charge is -2.31. The van der Waals surface area contributed by atoms with Crippen molar-refractivity contribution in [3.8, 4) is 0 Å². The Bertz CT molecular complexity index is 516. The van der Waals surface area contributed by atoms with Crippen LogP contribution in [-0.4, -0.2) is 36.5 Å². The molecule has 1 saturated heterocycles. The molecule has 0 spiro atoms. The summed E-state index contributed by atoms with van der Waals surface area (Å²) in [5.74, 6) is -0.0954. The van der Waals surface area contributed by atoms with Gasteiger partial charge in [-0.15, -0.1) is 0 Å². The standard InChI is InChI=1S/C19H27NO3/c1-3-4-5-14-23-19(22)17-10-12-20(13-11-17)18(21)16-8-6-15(2)7-9-16/h6-9,17H,3-5,10-14H2,1-2H3. The Morgan fingerprint density at radius 3 is 2.39 bits per heavy atom. The molecule has 2 rings (SSSR count). The summed E-state index contributed by atoms with van der Waals surface area (Å²) in [5.41, 5.74) is 1.86. The fourth-order valence-corrected chi connectivity index (χ4v) is 2.84. The summed E-state index contributed by atoms with van der Waals surface area (Å²) in [6, 6.07) is 7.64. The first-order valence-corrected chi connectivity index (χ1v) is 8.64. The SMILES string of the molecule is CCCCCOC(=O)C1CCN(C(=O)c2ccc(C)cc2)CC1. The quantitative estimate of drug-likeness (QED) is 0.595. The van der Waals surface area contributed by atoms with Gasteiger partial charge in [0.1, 0.15) is 0 Å². The molecule has 0 N–H and O–H groups in total. The molecule has 0 atom stereocenters. The summed E-state index contributed by atoms with van der Waals surface area (Å²) in [7, 11) is 0. The maximum absolute atomic E-state index is 12.4. The van der Waals surface area contributed by atoms with E-state index in [4.69, 9.17) is 4.74 Å². The highest BCUT2D eigenvalue weighted by Gasteiger charge is 2.28. The van der Waals surface area contributed by atoms with Gasteiger partial charge in [-0.1, -0.05) is 37.5 Å². The van der Waals surface area contributed by atoms with E-state index in [0.717, 1.165) is 30.4 Å². The zero-order valence-electron chi connectivity index (χ0n) is 14.2. The predicted octanol–water partition coefficient (Wildman–Crippen LogP) is 3.58. The number of hydrogen-bond acceptors (Lipinski definition) is 3. The molecule has 1 fully saturated rings. The van der Waals surface area contributed by atoms with E-state index >= 15 is 0 Å². The normalized spacial score (nSPS) is 15.5. The van der Waals surface area contributed by atoms with Gasteiger partial charge in [0, 0.05) is 18.7 Å². The number of unbranched alkanes of at least 4 members (excludes halogenated alkanes) is 2. The third kappa shape index (κ3) is 5.08. The van der Waals surface area contributed by atoms with Crippen LogP contribution in [0.4, 0.5) is 0 Å². The Kier molecular flexibility index (Phi) is 6.63. The second-order valence-electron chi connectivity index (χ2n) is 6.31. The van der Waals surface area contributed by atoms with E-state index in [2.05, 4.69) is 6.92 Å². The van der Waals surface area contributed by atoms with E-state index in [9.17, 15) is 9.59 Å². The van der Waals surface area contributed by atoms with Crippen molar-refractivity contribution in [2.45, 2.75) is 46.0 Å². The molecule has 0 radical (unpaired) electrons. The highest BCUT2D eigenvalue weighted by molar-refractivity contribution is 5.94. The lowest BCUT2D eigenvalue weighted by Crippen LogP contribution is -2.40. The van der Waals surface area contributed by atoms with Gasteiger partial charge in [0.2, 0.25) is 0 Å². The number of hydrogen-bond donors (Lipinski definition) is 0. The van der Waals surface area contributed by atoms with Gasteiger partial charge in [-0.2, -0.15) is 0 Å². The first-order chi connectivity index (χ1) is 11.1. The predicted molar refractivity (Wildman–Crippen MR) is 90.3 cm³/mol. The Morgan fingerprint density at radius 1 is 1.13 bits per heavy atom. The van der Waals surface area contributed by atoms with Crippen LogP contribution in [0.2, 0.25) is 0 Å². The third-order valence-corrected chi connectivity index (χ3v) is 4.41. The molecule has 1 heterocycles. The monoisotopic (exact) mass is 317 g/mol. The van der Waals surface area contributed by atoms with E-state index in [1.807, 2.05) is 36.1 Å². The van der Waals surface area contributed by atoms with Crippen LogP contribution in [0.1, 0.15) is 54.9 Å². The maximum Gasteiger partial charge on any atom is 0.309 e. The second kappa shape index (κ2) is 8.70.